The molecular weight excluding hydrogens is 420 g/mol. The molecule has 2 heterocycles. The summed E-state index contributed by atoms with van der Waals surface area (Å²) in [6.45, 7) is 10.7. The summed E-state index contributed by atoms with van der Waals surface area (Å²) in [6, 6.07) is 24.0. The monoisotopic (exact) mass is 454 g/mol. The van der Waals surface area contributed by atoms with E-state index >= 15 is 0 Å². The molecule has 2 aliphatic rings. The molecule has 0 aromatic heterocycles. The molecule has 1 N–H and O–H groups in total. The highest BCUT2D eigenvalue weighted by Gasteiger charge is 2.32. The van der Waals surface area contributed by atoms with Gasteiger partial charge in [-0.3, -0.25) is 4.90 Å². The molecule has 5 rings (SSSR count). The zero-order valence-corrected chi connectivity index (χ0v) is 20.4. The van der Waals surface area contributed by atoms with Gasteiger partial charge in [-0.15, -0.1) is 0 Å². The van der Waals surface area contributed by atoms with Crippen molar-refractivity contribution < 1.29 is 9.90 Å². The van der Waals surface area contributed by atoms with Crippen LogP contribution in [0, 0.1) is 0 Å². The van der Waals surface area contributed by atoms with Crippen LogP contribution in [0.25, 0.3) is 11.1 Å². The number of carboxylic acid groups (broad SMARTS) is 1. The first-order valence-corrected chi connectivity index (χ1v) is 12.3. The molecule has 0 aliphatic carbocycles. The molecular formula is C30H34N2O2. The highest BCUT2D eigenvalue weighted by molar-refractivity contribution is 5.88. The van der Waals surface area contributed by atoms with E-state index in [1.54, 1.807) is 6.07 Å². The topological polar surface area (TPSA) is 43.8 Å². The number of carbonyl (C=O) groups is 1. The lowest BCUT2D eigenvalue weighted by molar-refractivity contribution is 0.0696. The van der Waals surface area contributed by atoms with Crippen LogP contribution in [-0.2, 0) is 18.4 Å². The minimum absolute atomic E-state index is 0.158. The Morgan fingerprint density at radius 2 is 1.76 bits per heavy atom. The number of anilines is 1. The molecule has 1 atom stereocenters. The molecule has 3 aromatic carbocycles. The van der Waals surface area contributed by atoms with Gasteiger partial charge in [-0.2, -0.15) is 0 Å². The van der Waals surface area contributed by atoms with Crippen LogP contribution in [0.15, 0.2) is 66.7 Å². The second-order valence-corrected chi connectivity index (χ2v) is 10.8. The molecule has 0 spiro atoms. The first-order valence-electron chi connectivity index (χ1n) is 12.3. The Balaban J connectivity index is 1.32. The van der Waals surface area contributed by atoms with Crippen LogP contribution in [0.5, 0.6) is 0 Å². The normalized spacial score (nSPS) is 18.3. The number of piperazine rings is 1. The fourth-order valence-electron chi connectivity index (χ4n) is 5.48. The van der Waals surface area contributed by atoms with Crippen molar-refractivity contribution in [3.05, 3.63) is 89.0 Å². The van der Waals surface area contributed by atoms with Gasteiger partial charge >= 0.3 is 5.97 Å². The molecule has 34 heavy (non-hydrogen) atoms. The zero-order chi connectivity index (χ0) is 23.9. The molecule has 4 nitrogen and oxygen atoms in total. The number of benzene rings is 3. The van der Waals surface area contributed by atoms with E-state index < -0.39 is 5.97 Å². The zero-order valence-electron chi connectivity index (χ0n) is 20.4. The first-order chi connectivity index (χ1) is 16.3. The Morgan fingerprint density at radius 1 is 1.00 bits per heavy atom. The summed E-state index contributed by atoms with van der Waals surface area (Å²) >= 11 is 0. The standard InChI is InChI=1S/C30H34N2O2/c1-30(2,3)25-12-8-21(9-13-25)27-7-5-4-6-24(27)19-31-16-17-32-26(20-31)14-10-22-18-23(29(33)34)11-15-28(22)32/h4-9,11-13,15,18,26H,10,14,16-17,19-20H2,1-3H3,(H,33,34)/t26-/m0/s1. The Hall–Kier alpha value is -3.11. The van der Waals surface area contributed by atoms with E-state index in [9.17, 15) is 9.90 Å². The van der Waals surface area contributed by atoms with E-state index in [-0.39, 0.29) is 5.41 Å². The Kier molecular flexibility index (Phi) is 5.95. The van der Waals surface area contributed by atoms with Crippen LogP contribution in [0.1, 0.15) is 54.2 Å². The van der Waals surface area contributed by atoms with Crippen molar-refractivity contribution >= 4 is 11.7 Å². The lowest BCUT2D eigenvalue weighted by Crippen LogP contribution is -2.54. The van der Waals surface area contributed by atoms with Gasteiger partial charge in [0.2, 0.25) is 0 Å². The lowest BCUT2D eigenvalue weighted by Gasteiger charge is -2.46. The van der Waals surface area contributed by atoms with E-state index in [1.807, 2.05) is 12.1 Å². The number of fused-ring (bicyclic) bond motifs is 3. The summed E-state index contributed by atoms with van der Waals surface area (Å²) < 4.78 is 0. The molecule has 0 bridgehead atoms. The fourth-order valence-corrected chi connectivity index (χ4v) is 5.48. The smallest absolute Gasteiger partial charge is 0.335 e. The molecule has 0 saturated carbocycles. The van der Waals surface area contributed by atoms with Crippen molar-refractivity contribution in [1.29, 1.82) is 0 Å². The Morgan fingerprint density at radius 3 is 2.50 bits per heavy atom. The predicted octanol–water partition coefficient (Wildman–Crippen LogP) is 5.99. The van der Waals surface area contributed by atoms with Crippen molar-refractivity contribution in [1.82, 2.24) is 4.90 Å². The number of aryl methyl sites for hydroxylation is 1. The van der Waals surface area contributed by atoms with Gasteiger partial charge in [0, 0.05) is 37.9 Å². The van der Waals surface area contributed by atoms with Crippen molar-refractivity contribution in [3.63, 3.8) is 0 Å². The van der Waals surface area contributed by atoms with Crippen molar-refractivity contribution in [2.75, 3.05) is 24.5 Å². The summed E-state index contributed by atoms with van der Waals surface area (Å²) in [5.41, 5.74) is 8.28. The third-order valence-corrected chi connectivity index (χ3v) is 7.42. The van der Waals surface area contributed by atoms with E-state index in [4.69, 9.17) is 0 Å². The minimum Gasteiger partial charge on any atom is -0.478 e. The van der Waals surface area contributed by atoms with Gasteiger partial charge < -0.3 is 10.0 Å². The van der Waals surface area contributed by atoms with Crippen molar-refractivity contribution in [2.45, 2.75) is 51.6 Å². The molecule has 1 saturated heterocycles. The second-order valence-electron chi connectivity index (χ2n) is 10.8. The molecule has 2 aliphatic heterocycles. The summed E-state index contributed by atoms with van der Waals surface area (Å²) in [5, 5.41) is 9.33. The molecule has 4 heteroatoms. The second kappa shape index (κ2) is 8.92. The van der Waals surface area contributed by atoms with Crippen LogP contribution in [0.4, 0.5) is 5.69 Å². The van der Waals surface area contributed by atoms with Crippen LogP contribution < -0.4 is 4.90 Å². The predicted molar refractivity (Wildman–Crippen MR) is 139 cm³/mol. The maximum Gasteiger partial charge on any atom is 0.335 e. The Bertz CT molecular complexity index is 1190. The number of hydrogen-bond donors (Lipinski definition) is 1. The lowest BCUT2D eigenvalue weighted by atomic mass is 9.86. The van der Waals surface area contributed by atoms with Crippen LogP contribution >= 0.6 is 0 Å². The average Bonchev–Trinajstić information content (AvgIpc) is 2.83. The quantitative estimate of drug-likeness (QED) is 0.526. The first kappa shape index (κ1) is 22.7. The number of rotatable bonds is 4. The van der Waals surface area contributed by atoms with Gasteiger partial charge in [0.05, 0.1) is 5.56 Å². The summed E-state index contributed by atoms with van der Waals surface area (Å²) in [6.07, 6.45) is 2.02. The summed E-state index contributed by atoms with van der Waals surface area (Å²) in [5.74, 6) is -0.846. The molecule has 176 valence electrons. The average molecular weight is 455 g/mol. The third kappa shape index (κ3) is 4.47. The Labute approximate surface area is 202 Å². The fraction of sp³-hybridized carbons (Fsp3) is 0.367. The number of nitrogens with zero attached hydrogens (tertiary/aromatic N) is 2. The highest BCUT2D eigenvalue weighted by Crippen LogP contribution is 2.34. The van der Waals surface area contributed by atoms with E-state index in [2.05, 4.69) is 79.1 Å². The van der Waals surface area contributed by atoms with E-state index in [0.717, 1.165) is 39.0 Å². The molecule has 0 amide bonds. The van der Waals surface area contributed by atoms with Gasteiger partial charge in [0.15, 0.2) is 0 Å². The minimum atomic E-state index is -0.846. The van der Waals surface area contributed by atoms with Gasteiger partial charge in [0.25, 0.3) is 0 Å². The van der Waals surface area contributed by atoms with Gasteiger partial charge in [-0.05, 0) is 64.3 Å². The number of carboxylic acids is 1. The van der Waals surface area contributed by atoms with E-state index in [0.29, 0.717) is 11.6 Å². The molecule has 1 fully saturated rings. The van der Waals surface area contributed by atoms with Gasteiger partial charge in [0.1, 0.15) is 0 Å². The van der Waals surface area contributed by atoms with Gasteiger partial charge in [-0.25, -0.2) is 4.79 Å². The van der Waals surface area contributed by atoms with Crippen LogP contribution in [-0.4, -0.2) is 41.7 Å². The van der Waals surface area contributed by atoms with Crippen molar-refractivity contribution in [3.8, 4) is 11.1 Å². The third-order valence-electron chi connectivity index (χ3n) is 7.42. The highest BCUT2D eigenvalue weighted by atomic mass is 16.4. The molecule has 0 radical (unpaired) electrons. The molecule has 0 unspecified atom stereocenters. The number of aromatic carboxylic acids is 1. The summed E-state index contributed by atoms with van der Waals surface area (Å²) in [4.78, 5) is 16.4. The SMILES string of the molecule is CC(C)(C)c1ccc(-c2ccccc2CN2CCN3c4ccc(C(=O)O)cc4CC[C@H]3C2)cc1. The van der Waals surface area contributed by atoms with Crippen LogP contribution in [0.3, 0.4) is 0 Å². The maximum absolute atomic E-state index is 11.4. The largest absolute Gasteiger partial charge is 0.478 e. The summed E-state index contributed by atoms with van der Waals surface area (Å²) in [7, 11) is 0. The van der Waals surface area contributed by atoms with E-state index in [1.165, 1.54) is 33.5 Å². The van der Waals surface area contributed by atoms with Gasteiger partial charge in [-0.1, -0.05) is 69.3 Å². The molecule has 3 aromatic rings. The van der Waals surface area contributed by atoms with Crippen molar-refractivity contribution in [2.24, 2.45) is 0 Å². The van der Waals surface area contributed by atoms with Crippen LogP contribution in [0.2, 0.25) is 0 Å². The maximum atomic E-state index is 11.4. The number of hydrogen-bond acceptors (Lipinski definition) is 3.